The quantitative estimate of drug-likeness (QED) is 0.534. The smallest absolute Gasteiger partial charge is 0.306 e. The predicted molar refractivity (Wildman–Crippen MR) is 50.4 cm³/mol. The van der Waals surface area contributed by atoms with E-state index >= 15 is 0 Å². The largest absolute Gasteiger partial charge is 0.469 e. The number of hydrogen-bond donors (Lipinski definition) is 1. The van der Waals surface area contributed by atoms with Crippen molar-refractivity contribution in [2.45, 2.75) is 13.0 Å². The number of hydrogen-bond acceptors (Lipinski definition) is 5. The summed E-state index contributed by atoms with van der Waals surface area (Å²) in [5.74, 6) is -0.208. The van der Waals surface area contributed by atoms with Crippen LogP contribution in [0.4, 0.5) is 0 Å². The van der Waals surface area contributed by atoms with E-state index in [9.17, 15) is 4.79 Å². The molecule has 5 heteroatoms. The lowest BCUT2D eigenvalue weighted by atomic mass is 10.4. The molecule has 76 valence electrons. The minimum atomic E-state index is -0.208. The summed E-state index contributed by atoms with van der Waals surface area (Å²) < 4.78 is 4.50. The lowest BCUT2D eigenvalue weighted by molar-refractivity contribution is -0.140. The van der Waals surface area contributed by atoms with Crippen molar-refractivity contribution in [2.24, 2.45) is 0 Å². The Morgan fingerprint density at radius 3 is 3.14 bits per heavy atom. The molecule has 0 bridgehead atoms. The molecule has 0 amide bonds. The second-order valence-electron chi connectivity index (χ2n) is 2.70. The van der Waals surface area contributed by atoms with E-state index in [4.69, 9.17) is 0 Å². The molecule has 0 saturated carbocycles. The summed E-state index contributed by atoms with van der Waals surface area (Å²) in [5.41, 5.74) is 0.907. The van der Waals surface area contributed by atoms with Crippen LogP contribution in [0.15, 0.2) is 18.6 Å². The highest BCUT2D eigenvalue weighted by atomic mass is 16.5. The summed E-state index contributed by atoms with van der Waals surface area (Å²) in [6, 6.07) is 1.82. The Hall–Kier alpha value is -1.49. The first-order valence-electron chi connectivity index (χ1n) is 4.35. The van der Waals surface area contributed by atoms with E-state index in [0.29, 0.717) is 19.5 Å². The van der Waals surface area contributed by atoms with Crippen LogP contribution >= 0.6 is 0 Å². The van der Waals surface area contributed by atoms with Crippen LogP contribution in [0.25, 0.3) is 0 Å². The molecule has 0 radical (unpaired) electrons. The van der Waals surface area contributed by atoms with E-state index in [2.05, 4.69) is 20.0 Å². The van der Waals surface area contributed by atoms with E-state index in [1.54, 1.807) is 6.20 Å². The molecule has 0 aromatic carbocycles. The Morgan fingerprint density at radius 1 is 1.64 bits per heavy atom. The van der Waals surface area contributed by atoms with Gasteiger partial charge in [-0.25, -0.2) is 9.97 Å². The molecule has 0 aliphatic carbocycles. The highest BCUT2D eigenvalue weighted by molar-refractivity contribution is 5.69. The minimum Gasteiger partial charge on any atom is -0.469 e. The van der Waals surface area contributed by atoms with E-state index < -0.39 is 0 Å². The average Bonchev–Trinajstić information content (AvgIpc) is 2.25. The second-order valence-corrected chi connectivity index (χ2v) is 2.70. The first-order valence-corrected chi connectivity index (χ1v) is 4.35. The summed E-state index contributed by atoms with van der Waals surface area (Å²) in [6.07, 6.45) is 3.56. The van der Waals surface area contributed by atoms with Crippen LogP contribution < -0.4 is 5.32 Å². The van der Waals surface area contributed by atoms with Crippen molar-refractivity contribution in [2.75, 3.05) is 13.7 Å². The van der Waals surface area contributed by atoms with Gasteiger partial charge in [-0.3, -0.25) is 4.79 Å². The van der Waals surface area contributed by atoms with Crippen molar-refractivity contribution in [3.05, 3.63) is 24.3 Å². The van der Waals surface area contributed by atoms with Crippen molar-refractivity contribution >= 4 is 5.97 Å². The molecule has 0 unspecified atom stereocenters. The predicted octanol–water partition coefficient (Wildman–Crippen LogP) is 0.129. The van der Waals surface area contributed by atoms with Gasteiger partial charge in [-0.2, -0.15) is 0 Å². The maximum Gasteiger partial charge on any atom is 0.306 e. The molecule has 0 atom stereocenters. The average molecular weight is 195 g/mol. The zero-order chi connectivity index (χ0) is 10.2. The van der Waals surface area contributed by atoms with Gasteiger partial charge < -0.3 is 10.1 Å². The number of carbonyl (C=O) groups excluding carboxylic acids is 1. The third-order valence-electron chi connectivity index (χ3n) is 1.68. The Labute approximate surface area is 82.5 Å². The van der Waals surface area contributed by atoms with Gasteiger partial charge in [0.05, 0.1) is 19.2 Å². The fraction of sp³-hybridized carbons (Fsp3) is 0.444. The number of methoxy groups -OCH3 is 1. The van der Waals surface area contributed by atoms with Crippen LogP contribution in [-0.2, 0) is 16.1 Å². The molecule has 0 aliphatic rings. The molecule has 14 heavy (non-hydrogen) atoms. The Kier molecular flexibility index (Phi) is 4.57. The summed E-state index contributed by atoms with van der Waals surface area (Å²) >= 11 is 0. The monoisotopic (exact) mass is 195 g/mol. The summed E-state index contributed by atoms with van der Waals surface area (Å²) in [4.78, 5) is 18.6. The third kappa shape index (κ3) is 3.95. The van der Waals surface area contributed by atoms with Crippen LogP contribution in [0.5, 0.6) is 0 Å². The van der Waals surface area contributed by atoms with E-state index in [1.807, 2.05) is 6.07 Å². The van der Waals surface area contributed by atoms with E-state index in [0.717, 1.165) is 5.69 Å². The molecule has 1 heterocycles. The van der Waals surface area contributed by atoms with Crippen molar-refractivity contribution in [3.8, 4) is 0 Å². The van der Waals surface area contributed by atoms with Gasteiger partial charge >= 0.3 is 5.97 Å². The second kappa shape index (κ2) is 6.04. The molecular weight excluding hydrogens is 182 g/mol. The molecule has 0 spiro atoms. The SMILES string of the molecule is COC(=O)CCNCc1ccncn1. The lowest BCUT2D eigenvalue weighted by Gasteiger charge is -2.02. The normalized spacial score (nSPS) is 9.79. The molecule has 0 saturated heterocycles. The van der Waals surface area contributed by atoms with Gasteiger partial charge in [-0.05, 0) is 6.07 Å². The number of carbonyl (C=O) groups is 1. The maximum absolute atomic E-state index is 10.7. The first kappa shape index (κ1) is 10.6. The van der Waals surface area contributed by atoms with Gasteiger partial charge in [-0.1, -0.05) is 0 Å². The number of rotatable bonds is 5. The third-order valence-corrected chi connectivity index (χ3v) is 1.68. The number of aromatic nitrogens is 2. The van der Waals surface area contributed by atoms with Gasteiger partial charge in [0.25, 0.3) is 0 Å². The zero-order valence-corrected chi connectivity index (χ0v) is 8.06. The molecule has 5 nitrogen and oxygen atoms in total. The highest BCUT2D eigenvalue weighted by Crippen LogP contribution is 1.90. The summed E-state index contributed by atoms with van der Waals surface area (Å²) in [5, 5.41) is 3.08. The molecule has 1 aromatic heterocycles. The highest BCUT2D eigenvalue weighted by Gasteiger charge is 1.98. The van der Waals surface area contributed by atoms with Gasteiger partial charge in [-0.15, -0.1) is 0 Å². The number of ether oxygens (including phenoxy) is 1. The van der Waals surface area contributed by atoms with Crippen LogP contribution in [0.2, 0.25) is 0 Å². The number of esters is 1. The van der Waals surface area contributed by atoms with E-state index in [1.165, 1.54) is 13.4 Å². The van der Waals surface area contributed by atoms with Gasteiger partial charge in [0.1, 0.15) is 6.33 Å². The van der Waals surface area contributed by atoms with Crippen LogP contribution in [-0.4, -0.2) is 29.6 Å². The van der Waals surface area contributed by atoms with E-state index in [-0.39, 0.29) is 5.97 Å². The minimum absolute atomic E-state index is 0.208. The standard InChI is InChI=1S/C9H13N3O2/c1-14-9(13)3-5-10-6-8-2-4-11-7-12-8/h2,4,7,10H,3,5-6H2,1H3. The van der Waals surface area contributed by atoms with Gasteiger partial charge in [0, 0.05) is 19.3 Å². The van der Waals surface area contributed by atoms with Gasteiger partial charge in [0.2, 0.25) is 0 Å². The molecular formula is C9H13N3O2. The van der Waals surface area contributed by atoms with Crippen LogP contribution in [0.3, 0.4) is 0 Å². The number of nitrogens with one attached hydrogen (secondary N) is 1. The van der Waals surface area contributed by atoms with Crippen LogP contribution in [0.1, 0.15) is 12.1 Å². The lowest BCUT2D eigenvalue weighted by Crippen LogP contribution is -2.18. The van der Waals surface area contributed by atoms with Crippen molar-refractivity contribution in [3.63, 3.8) is 0 Å². The summed E-state index contributed by atoms with van der Waals surface area (Å²) in [7, 11) is 1.38. The molecule has 1 rings (SSSR count). The number of nitrogens with zero attached hydrogens (tertiary/aromatic N) is 2. The molecule has 1 aromatic rings. The van der Waals surface area contributed by atoms with Crippen molar-refractivity contribution < 1.29 is 9.53 Å². The van der Waals surface area contributed by atoms with Crippen molar-refractivity contribution in [1.29, 1.82) is 0 Å². The zero-order valence-electron chi connectivity index (χ0n) is 8.06. The fourth-order valence-corrected chi connectivity index (χ4v) is 0.932. The Balaban J connectivity index is 2.13. The Bertz CT molecular complexity index is 277. The first-order chi connectivity index (χ1) is 6.83. The van der Waals surface area contributed by atoms with Crippen LogP contribution in [0, 0.1) is 0 Å². The topological polar surface area (TPSA) is 64.1 Å². The van der Waals surface area contributed by atoms with Gasteiger partial charge in [0.15, 0.2) is 0 Å². The summed E-state index contributed by atoms with van der Waals surface area (Å²) in [6.45, 7) is 1.23. The molecule has 0 aliphatic heterocycles. The molecule has 0 fully saturated rings. The fourth-order valence-electron chi connectivity index (χ4n) is 0.932. The Morgan fingerprint density at radius 2 is 2.50 bits per heavy atom. The molecule has 1 N–H and O–H groups in total. The maximum atomic E-state index is 10.7. The van der Waals surface area contributed by atoms with Crippen molar-refractivity contribution in [1.82, 2.24) is 15.3 Å².